The molecule has 2 saturated heterocycles. The van der Waals surface area contributed by atoms with Crippen LogP contribution in [-0.4, -0.2) is 28.9 Å². The highest BCUT2D eigenvalue weighted by atomic mass is 16.2. The summed E-state index contributed by atoms with van der Waals surface area (Å²) in [5.41, 5.74) is 6.01. The number of nitrogens with zero attached hydrogens (tertiary/aromatic N) is 1. The third-order valence-corrected chi connectivity index (χ3v) is 4.17. The van der Waals surface area contributed by atoms with Crippen molar-refractivity contribution in [2.75, 3.05) is 0 Å². The van der Waals surface area contributed by atoms with E-state index in [1.165, 1.54) is 12.8 Å². The van der Waals surface area contributed by atoms with Crippen LogP contribution in [0.4, 0.5) is 0 Å². The molecule has 3 nitrogen and oxygen atoms in total. The van der Waals surface area contributed by atoms with Gasteiger partial charge in [0, 0.05) is 24.0 Å². The molecule has 0 spiro atoms. The SMILES string of the molecule is CCCC(C)C(=O)N1C2CCC1CC(N)C2. The van der Waals surface area contributed by atoms with Crippen molar-refractivity contribution < 1.29 is 4.79 Å². The van der Waals surface area contributed by atoms with Gasteiger partial charge in [0.1, 0.15) is 0 Å². The van der Waals surface area contributed by atoms with Gasteiger partial charge >= 0.3 is 0 Å². The van der Waals surface area contributed by atoms with Crippen LogP contribution in [0, 0.1) is 5.92 Å². The molecule has 2 bridgehead atoms. The van der Waals surface area contributed by atoms with Gasteiger partial charge in [-0.15, -0.1) is 0 Å². The van der Waals surface area contributed by atoms with E-state index in [4.69, 9.17) is 5.73 Å². The van der Waals surface area contributed by atoms with Crippen LogP contribution in [0.3, 0.4) is 0 Å². The highest BCUT2D eigenvalue weighted by Crippen LogP contribution is 2.36. The molecule has 2 fully saturated rings. The summed E-state index contributed by atoms with van der Waals surface area (Å²) < 4.78 is 0. The number of nitrogens with two attached hydrogens (primary N) is 1. The van der Waals surface area contributed by atoms with E-state index >= 15 is 0 Å². The maximum atomic E-state index is 12.3. The van der Waals surface area contributed by atoms with Gasteiger partial charge < -0.3 is 10.6 Å². The Bertz CT molecular complexity index is 253. The van der Waals surface area contributed by atoms with Gasteiger partial charge in [0.2, 0.25) is 5.91 Å². The van der Waals surface area contributed by atoms with Crippen LogP contribution < -0.4 is 5.73 Å². The number of hydrogen-bond donors (Lipinski definition) is 1. The lowest BCUT2D eigenvalue weighted by Crippen LogP contribution is -2.51. The summed E-state index contributed by atoms with van der Waals surface area (Å²) in [6.45, 7) is 4.21. The van der Waals surface area contributed by atoms with Gasteiger partial charge in [-0.25, -0.2) is 0 Å². The lowest BCUT2D eigenvalue weighted by Gasteiger charge is -2.39. The molecule has 0 aromatic heterocycles. The fourth-order valence-electron chi connectivity index (χ4n) is 3.39. The van der Waals surface area contributed by atoms with Gasteiger partial charge in [0.25, 0.3) is 0 Å². The van der Waals surface area contributed by atoms with E-state index in [2.05, 4.69) is 18.7 Å². The predicted molar refractivity (Wildman–Crippen MR) is 64.9 cm³/mol. The Morgan fingerprint density at radius 3 is 2.44 bits per heavy atom. The van der Waals surface area contributed by atoms with Gasteiger partial charge in [0.15, 0.2) is 0 Å². The quantitative estimate of drug-likeness (QED) is 0.796. The van der Waals surface area contributed by atoms with E-state index in [0.717, 1.165) is 25.7 Å². The molecule has 92 valence electrons. The average Bonchev–Trinajstić information content (AvgIpc) is 2.50. The maximum Gasteiger partial charge on any atom is 0.225 e. The van der Waals surface area contributed by atoms with Gasteiger partial charge in [-0.3, -0.25) is 4.79 Å². The average molecular weight is 224 g/mol. The first-order valence-electron chi connectivity index (χ1n) is 6.71. The number of amides is 1. The summed E-state index contributed by atoms with van der Waals surface area (Å²) in [5, 5.41) is 0. The van der Waals surface area contributed by atoms with Crippen molar-refractivity contribution in [1.82, 2.24) is 4.90 Å². The Hall–Kier alpha value is -0.570. The zero-order chi connectivity index (χ0) is 11.7. The number of fused-ring (bicyclic) bond motifs is 2. The molecular formula is C13H24N2O. The predicted octanol–water partition coefficient (Wildman–Crippen LogP) is 1.90. The minimum atomic E-state index is 0.197. The van der Waals surface area contributed by atoms with E-state index in [9.17, 15) is 4.79 Å². The summed E-state index contributed by atoms with van der Waals surface area (Å²) in [5.74, 6) is 0.573. The van der Waals surface area contributed by atoms with Crippen molar-refractivity contribution in [3.8, 4) is 0 Å². The van der Waals surface area contributed by atoms with Crippen LogP contribution in [0.1, 0.15) is 52.4 Å². The first-order chi connectivity index (χ1) is 7.63. The molecule has 3 atom stereocenters. The highest BCUT2D eigenvalue weighted by Gasteiger charge is 2.42. The lowest BCUT2D eigenvalue weighted by atomic mass is 9.95. The third kappa shape index (κ3) is 2.10. The molecular weight excluding hydrogens is 200 g/mol. The van der Waals surface area contributed by atoms with E-state index in [1.54, 1.807) is 0 Å². The summed E-state index contributed by atoms with van der Waals surface area (Å²) in [7, 11) is 0. The monoisotopic (exact) mass is 224 g/mol. The minimum Gasteiger partial charge on any atom is -0.336 e. The molecule has 3 heteroatoms. The Kier molecular flexibility index (Phi) is 3.53. The zero-order valence-electron chi connectivity index (χ0n) is 10.5. The molecule has 0 aliphatic carbocycles. The van der Waals surface area contributed by atoms with Crippen LogP contribution >= 0.6 is 0 Å². The summed E-state index contributed by atoms with van der Waals surface area (Å²) in [6, 6.07) is 1.21. The second-order valence-electron chi connectivity index (χ2n) is 5.55. The lowest BCUT2D eigenvalue weighted by molar-refractivity contribution is -0.139. The summed E-state index contributed by atoms with van der Waals surface area (Å²) in [6.07, 6.45) is 6.48. The standard InChI is InChI=1S/C13H24N2O/c1-3-4-9(2)13(16)15-11-5-6-12(15)8-10(14)7-11/h9-12H,3-8,14H2,1-2H3. The van der Waals surface area contributed by atoms with E-state index in [1.807, 2.05) is 0 Å². The first-order valence-corrected chi connectivity index (χ1v) is 6.71. The summed E-state index contributed by atoms with van der Waals surface area (Å²) in [4.78, 5) is 14.5. The number of carbonyl (C=O) groups excluding carboxylic acids is 1. The number of piperidine rings is 1. The van der Waals surface area contributed by atoms with Crippen LogP contribution in [0.5, 0.6) is 0 Å². The molecule has 2 N–H and O–H groups in total. The Morgan fingerprint density at radius 2 is 1.94 bits per heavy atom. The van der Waals surface area contributed by atoms with Crippen LogP contribution in [0.2, 0.25) is 0 Å². The molecule has 2 heterocycles. The van der Waals surface area contributed by atoms with Gasteiger partial charge in [-0.2, -0.15) is 0 Å². The van der Waals surface area contributed by atoms with E-state index < -0.39 is 0 Å². The van der Waals surface area contributed by atoms with Crippen molar-refractivity contribution in [3.05, 3.63) is 0 Å². The molecule has 0 aromatic rings. The maximum absolute atomic E-state index is 12.3. The largest absolute Gasteiger partial charge is 0.336 e. The van der Waals surface area contributed by atoms with E-state index in [-0.39, 0.29) is 5.92 Å². The second kappa shape index (κ2) is 4.74. The van der Waals surface area contributed by atoms with Crippen LogP contribution in [0.15, 0.2) is 0 Å². The third-order valence-electron chi connectivity index (χ3n) is 4.17. The van der Waals surface area contributed by atoms with E-state index in [0.29, 0.717) is 24.0 Å². The smallest absolute Gasteiger partial charge is 0.225 e. The molecule has 2 aliphatic rings. The molecule has 1 amide bonds. The number of rotatable bonds is 3. The van der Waals surface area contributed by atoms with Gasteiger partial charge in [-0.1, -0.05) is 20.3 Å². The minimum absolute atomic E-state index is 0.197. The Labute approximate surface area is 98.4 Å². The van der Waals surface area contributed by atoms with Crippen LogP contribution in [-0.2, 0) is 4.79 Å². The van der Waals surface area contributed by atoms with Gasteiger partial charge in [-0.05, 0) is 32.1 Å². The Morgan fingerprint density at radius 1 is 1.38 bits per heavy atom. The second-order valence-corrected chi connectivity index (χ2v) is 5.55. The molecule has 0 aromatic carbocycles. The molecule has 2 rings (SSSR count). The normalized spacial score (nSPS) is 35.2. The first kappa shape index (κ1) is 11.9. The van der Waals surface area contributed by atoms with Crippen molar-refractivity contribution in [2.24, 2.45) is 11.7 Å². The highest BCUT2D eigenvalue weighted by molar-refractivity contribution is 5.79. The molecule has 0 saturated carbocycles. The fraction of sp³-hybridized carbons (Fsp3) is 0.923. The molecule has 3 unspecified atom stereocenters. The molecule has 16 heavy (non-hydrogen) atoms. The summed E-state index contributed by atoms with van der Waals surface area (Å²) >= 11 is 0. The van der Waals surface area contributed by atoms with Crippen molar-refractivity contribution in [2.45, 2.75) is 70.5 Å². The molecule has 2 aliphatic heterocycles. The van der Waals surface area contributed by atoms with Crippen molar-refractivity contribution in [3.63, 3.8) is 0 Å². The topological polar surface area (TPSA) is 46.3 Å². The van der Waals surface area contributed by atoms with Crippen molar-refractivity contribution >= 4 is 5.91 Å². The number of carbonyl (C=O) groups is 1. The zero-order valence-corrected chi connectivity index (χ0v) is 10.5. The van der Waals surface area contributed by atoms with Gasteiger partial charge in [0.05, 0.1) is 0 Å². The van der Waals surface area contributed by atoms with Crippen LogP contribution in [0.25, 0.3) is 0 Å². The number of hydrogen-bond acceptors (Lipinski definition) is 2. The van der Waals surface area contributed by atoms with Crippen molar-refractivity contribution in [1.29, 1.82) is 0 Å². The fourth-order valence-corrected chi connectivity index (χ4v) is 3.39. The molecule has 0 radical (unpaired) electrons. The Balaban J connectivity index is 2.02.